The molecule has 0 aliphatic rings. The lowest BCUT2D eigenvalue weighted by atomic mass is 10.2. The Morgan fingerprint density at radius 1 is 1.05 bits per heavy atom. The first kappa shape index (κ1) is 12.6. The number of fused-ring (bicyclic) bond motifs is 1. The number of hydrogen-bond donors (Lipinski definition) is 0. The highest BCUT2D eigenvalue weighted by Gasteiger charge is 2.11. The van der Waals surface area contributed by atoms with Crippen LogP contribution in [0.5, 0.6) is 5.19 Å². The second-order valence-electron chi connectivity index (χ2n) is 4.07. The molecular weight excluding hydrogens is 274 g/mol. The van der Waals surface area contributed by atoms with Gasteiger partial charge >= 0.3 is 6.16 Å². The van der Waals surface area contributed by atoms with Crippen molar-refractivity contribution in [2.75, 3.05) is 0 Å². The Bertz CT molecular complexity index is 691. The average Bonchev–Trinajstić information content (AvgIpc) is 2.88. The third-order valence-electron chi connectivity index (χ3n) is 2.64. The summed E-state index contributed by atoms with van der Waals surface area (Å²) in [5, 5.41) is 0.296. The molecule has 0 aliphatic heterocycles. The Morgan fingerprint density at radius 2 is 1.80 bits per heavy atom. The normalized spacial score (nSPS) is 10.4. The molecule has 0 amide bonds. The van der Waals surface area contributed by atoms with Gasteiger partial charge in [0.2, 0.25) is 0 Å². The molecule has 3 rings (SSSR count). The summed E-state index contributed by atoms with van der Waals surface area (Å²) in [6.07, 6.45) is -0.743. The van der Waals surface area contributed by atoms with Crippen LogP contribution in [0.15, 0.2) is 54.6 Å². The van der Waals surface area contributed by atoms with Gasteiger partial charge in [0.1, 0.15) is 6.61 Å². The van der Waals surface area contributed by atoms with Gasteiger partial charge < -0.3 is 9.47 Å². The second kappa shape index (κ2) is 5.71. The van der Waals surface area contributed by atoms with Gasteiger partial charge in [-0.05, 0) is 17.7 Å². The monoisotopic (exact) mass is 285 g/mol. The van der Waals surface area contributed by atoms with Crippen LogP contribution in [0.2, 0.25) is 0 Å². The number of para-hydroxylation sites is 1. The number of carbonyl (C=O) groups excluding carboxylic acids is 1. The molecule has 0 spiro atoms. The Kier molecular flexibility index (Phi) is 3.60. The number of benzene rings is 2. The van der Waals surface area contributed by atoms with Gasteiger partial charge in [-0.1, -0.05) is 53.8 Å². The maximum Gasteiger partial charge on any atom is 0.516 e. The lowest BCUT2D eigenvalue weighted by Gasteiger charge is -2.03. The van der Waals surface area contributed by atoms with E-state index in [0.717, 1.165) is 15.8 Å². The van der Waals surface area contributed by atoms with E-state index in [2.05, 4.69) is 4.98 Å². The first-order valence-corrected chi connectivity index (χ1v) is 6.87. The SMILES string of the molecule is O=C(OCc1ccccc1)Oc1nc2ccccc2s1. The first-order valence-electron chi connectivity index (χ1n) is 6.05. The van der Waals surface area contributed by atoms with Crippen LogP contribution in [0.25, 0.3) is 10.2 Å². The molecule has 0 atom stereocenters. The number of carbonyl (C=O) groups is 1. The molecule has 1 aromatic heterocycles. The summed E-state index contributed by atoms with van der Waals surface area (Å²) in [5.74, 6) is 0. The molecule has 0 radical (unpaired) electrons. The second-order valence-corrected chi connectivity index (χ2v) is 5.07. The fourth-order valence-corrected chi connectivity index (χ4v) is 2.52. The Labute approximate surface area is 119 Å². The van der Waals surface area contributed by atoms with Crippen molar-refractivity contribution in [3.63, 3.8) is 0 Å². The molecular formula is C15H11NO3S. The standard InChI is InChI=1S/C15H11NO3S/c17-15(18-10-11-6-2-1-3-7-11)19-14-16-12-8-4-5-9-13(12)20-14/h1-9H,10H2. The van der Waals surface area contributed by atoms with Crippen LogP contribution >= 0.6 is 11.3 Å². The van der Waals surface area contributed by atoms with E-state index in [-0.39, 0.29) is 6.61 Å². The summed E-state index contributed by atoms with van der Waals surface area (Å²) in [6, 6.07) is 17.0. The maximum absolute atomic E-state index is 11.6. The Balaban J connectivity index is 1.61. The number of hydrogen-bond acceptors (Lipinski definition) is 5. The molecule has 4 nitrogen and oxygen atoms in total. The van der Waals surface area contributed by atoms with Crippen molar-refractivity contribution in [3.05, 3.63) is 60.2 Å². The quantitative estimate of drug-likeness (QED) is 0.682. The zero-order valence-electron chi connectivity index (χ0n) is 10.5. The average molecular weight is 285 g/mol. The van der Waals surface area contributed by atoms with Crippen LogP contribution in [-0.2, 0) is 11.3 Å². The van der Waals surface area contributed by atoms with Crippen molar-refractivity contribution < 1.29 is 14.3 Å². The smallest absolute Gasteiger partial charge is 0.429 e. The lowest BCUT2D eigenvalue weighted by molar-refractivity contribution is 0.0927. The third kappa shape index (κ3) is 2.95. The van der Waals surface area contributed by atoms with Gasteiger partial charge in [-0.3, -0.25) is 0 Å². The molecule has 0 saturated carbocycles. The molecule has 0 bridgehead atoms. The van der Waals surface area contributed by atoms with E-state index in [4.69, 9.17) is 9.47 Å². The fourth-order valence-electron chi connectivity index (χ4n) is 1.71. The molecule has 100 valence electrons. The minimum absolute atomic E-state index is 0.185. The largest absolute Gasteiger partial charge is 0.516 e. The van der Waals surface area contributed by atoms with Crippen LogP contribution in [0.4, 0.5) is 4.79 Å². The summed E-state index contributed by atoms with van der Waals surface area (Å²) in [6.45, 7) is 0.185. The number of rotatable bonds is 3. The molecule has 20 heavy (non-hydrogen) atoms. The van der Waals surface area contributed by atoms with Gasteiger partial charge in [-0.25, -0.2) is 9.78 Å². The van der Waals surface area contributed by atoms with E-state index in [0.29, 0.717) is 5.19 Å². The predicted octanol–water partition coefficient (Wildman–Crippen LogP) is 4.01. The molecule has 0 saturated heterocycles. The third-order valence-corrected chi connectivity index (χ3v) is 3.56. The summed E-state index contributed by atoms with van der Waals surface area (Å²) in [5.41, 5.74) is 1.72. The first-order chi connectivity index (χ1) is 9.81. The lowest BCUT2D eigenvalue weighted by Crippen LogP contribution is -2.10. The summed E-state index contributed by atoms with van der Waals surface area (Å²) < 4.78 is 11.1. The van der Waals surface area contributed by atoms with Crippen molar-refractivity contribution in [3.8, 4) is 5.19 Å². The fraction of sp³-hybridized carbons (Fsp3) is 0.0667. The molecule has 2 aromatic carbocycles. The van der Waals surface area contributed by atoms with Crippen LogP contribution in [0.1, 0.15) is 5.56 Å². The van der Waals surface area contributed by atoms with Crippen molar-refractivity contribution in [1.82, 2.24) is 4.98 Å². The van der Waals surface area contributed by atoms with Crippen LogP contribution < -0.4 is 4.74 Å². The molecule has 0 aliphatic carbocycles. The predicted molar refractivity (Wildman–Crippen MR) is 76.9 cm³/mol. The summed E-state index contributed by atoms with van der Waals surface area (Å²) >= 11 is 1.31. The number of thiazole rings is 1. The van der Waals surface area contributed by atoms with E-state index in [1.807, 2.05) is 54.6 Å². The van der Waals surface area contributed by atoms with Gasteiger partial charge in [0.15, 0.2) is 0 Å². The van der Waals surface area contributed by atoms with Crippen molar-refractivity contribution in [1.29, 1.82) is 0 Å². The van der Waals surface area contributed by atoms with Crippen molar-refractivity contribution >= 4 is 27.7 Å². The number of aromatic nitrogens is 1. The zero-order valence-corrected chi connectivity index (χ0v) is 11.3. The van der Waals surface area contributed by atoms with Crippen molar-refractivity contribution in [2.45, 2.75) is 6.61 Å². The highest BCUT2D eigenvalue weighted by molar-refractivity contribution is 7.20. The van der Waals surface area contributed by atoms with Crippen LogP contribution in [-0.4, -0.2) is 11.1 Å². The molecule has 5 heteroatoms. The summed E-state index contributed by atoms with van der Waals surface area (Å²) in [4.78, 5) is 15.8. The van der Waals surface area contributed by atoms with Gasteiger partial charge in [0, 0.05) is 0 Å². The van der Waals surface area contributed by atoms with Crippen LogP contribution in [0, 0.1) is 0 Å². The minimum Gasteiger partial charge on any atom is -0.429 e. The van der Waals surface area contributed by atoms with E-state index in [9.17, 15) is 4.79 Å². The van der Waals surface area contributed by atoms with Crippen LogP contribution in [0.3, 0.4) is 0 Å². The van der Waals surface area contributed by atoms with Gasteiger partial charge in [-0.15, -0.1) is 0 Å². The zero-order chi connectivity index (χ0) is 13.8. The van der Waals surface area contributed by atoms with E-state index in [1.165, 1.54) is 11.3 Å². The minimum atomic E-state index is -0.743. The van der Waals surface area contributed by atoms with E-state index in [1.54, 1.807) is 0 Å². The highest BCUT2D eigenvalue weighted by Crippen LogP contribution is 2.27. The number of ether oxygens (including phenoxy) is 2. The Morgan fingerprint density at radius 3 is 2.60 bits per heavy atom. The molecule has 1 heterocycles. The molecule has 3 aromatic rings. The van der Waals surface area contributed by atoms with Crippen molar-refractivity contribution in [2.24, 2.45) is 0 Å². The van der Waals surface area contributed by atoms with Gasteiger partial charge in [-0.2, -0.15) is 0 Å². The summed E-state index contributed by atoms with van der Waals surface area (Å²) in [7, 11) is 0. The molecule has 0 fully saturated rings. The topological polar surface area (TPSA) is 48.4 Å². The molecule has 0 N–H and O–H groups in total. The van der Waals surface area contributed by atoms with Gasteiger partial charge in [0.05, 0.1) is 10.2 Å². The van der Waals surface area contributed by atoms with E-state index >= 15 is 0 Å². The molecule has 0 unspecified atom stereocenters. The van der Waals surface area contributed by atoms with E-state index < -0.39 is 6.16 Å². The van der Waals surface area contributed by atoms with Gasteiger partial charge in [0.25, 0.3) is 5.19 Å². The Hall–Kier alpha value is -2.40. The maximum atomic E-state index is 11.6. The number of nitrogens with zero attached hydrogens (tertiary/aromatic N) is 1. The highest BCUT2D eigenvalue weighted by atomic mass is 32.1.